The third-order valence-corrected chi connectivity index (χ3v) is 3.59. The zero-order valence-corrected chi connectivity index (χ0v) is 12.8. The van der Waals surface area contributed by atoms with Gasteiger partial charge in [0.2, 0.25) is 5.91 Å². The lowest BCUT2D eigenvalue weighted by Crippen LogP contribution is -2.31. The number of rotatable bonds is 6. The highest BCUT2D eigenvalue weighted by Gasteiger charge is 2.15. The summed E-state index contributed by atoms with van der Waals surface area (Å²) in [6.45, 7) is 6.26. The molecule has 0 atom stereocenters. The molecule has 0 unspecified atom stereocenters. The number of hydrogen-bond acceptors (Lipinski definition) is 4. The molecule has 5 heteroatoms. The lowest BCUT2D eigenvalue weighted by Gasteiger charge is -2.22. The van der Waals surface area contributed by atoms with Crippen LogP contribution in [0.25, 0.3) is 0 Å². The third-order valence-electron chi connectivity index (χ3n) is 3.59. The molecule has 2 heterocycles. The van der Waals surface area contributed by atoms with Gasteiger partial charge in [-0.1, -0.05) is 13.8 Å². The first kappa shape index (κ1) is 15.9. The van der Waals surface area contributed by atoms with E-state index in [1.165, 1.54) is 5.56 Å². The number of ether oxygens (including phenoxy) is 2. The standard InChI is InChI=1S/C16H24N2O3/c1-12(2)13-3-6-17-14(9-13)10-18-16(19)11-21-15-4-7-20-8-5-15/h3,6,9,12,15H,4-5,7-8,10-11H2,1-2H3,(H,18,19). The second kappa shape index (κ2) is 8.10. The predicted octanol–water partition coefficient (Wildman–Crippen LogP) is 2.02. The minimum Gasteiger partial charge on any atom is -0.381 e. The molecule has 0 aromatic carbocycles. The Morgan fingerprint density at radius 1 is 1.48 bits per heavy atom. The Kier molecular flexibility index (Phi) is 6.14. The van der Waals surface area contributed by atoms with Gasteiger partial charge < -0.3 is 14.8 Å². The molecule has 116 valence electrons. The molecule has 1 aliphatic rings. The molecule has 1 saturated heterocycles. The second-order valence-corrected chi connectivity index (χ2v) is 5.63. The fourth-order valence-electron chi connectivity index (χ4n) is 2.23. The average molecular weight is 292 g/mol. The summed E-state index contributed by atoms with van der Waals surface area (Å²) >= 11 is 0. The molecule has 0 bridgehead atoms. The summed E-state index contributed by atoms with van der Waals surface area (Å²) in [7, 11) is 0. The van der Waals surface area contributed by atoms with Crippen LogP contribution in [0.4, 0.5) is 0 Å². The van der Waals surface area contributed by atoms with Gasteiger partial charge in [0.1, 0.15) is 6.61 Å². The first-order valence-electron chi connectivity index (χ1n) is 7.56. The van der Waals surface area contributed by atoms with Crippen LogP contribution in [0, 0.1) is 0 Å². The van der Waals surface area contributed by atoms with Gasteiger partial charge in [-0.05, 0) is 36.5 Å². The molecule has 0 aliphatic carbocycles. The Balaban J connectivity index is 1.72. The van der Waals surface area contributed by atoms with E-state index in [-0.39, 0.29) is 18.6 Å². The van der Waals surface area contributed by atoms with E-state index in [1.54, 1.807) is 6.20 Å². The molecule has 5 nitrogen and oxygen atoms in total. The SMILES string of the molecule is CC(C)c1ccnc(CNC(=O)COC2CCOCC2)c1. The summed E-state index contributed by atoms with van der Waals surface area (Å²) in [5.74, 6) is 0.359. The van der Waals surface area contributed by atoms with Crippen molar-refractivity contribution in [2.75, 3.05) is 19.8 Å². The molecule has 1 aromatic heterocycles. The van der Waals surface area contributed by atoms with Gasteiger partial charge >= 0.3 is 0 Å². The Hall–Kier alpha value is -1.46. The van der Waals surface area contributed by atoms with Crippen LogP contribution in [0.15, 0.2) is 18.3 Å². The number of pyridine rings is 1. The van der Waals surface area contributed by atoms with Crippen LogP contribution in [0.3, 0.4) is 0 Å². The number of nitrogens with one attached hydrogen (secondary N) is 1. The van der Waals surface area contributed by atoms with Crippen LogP contribution in [0.1, 0.15) is 43.9 Å². The van der Waals surface area contributed by atoms with Gasteiger partial charge in [0.05, 0.1) is 18.3 Å². The number of nitrogens with zero attached hydrogens (tertiary/aromatic N) is 1. The Bertz CT molecular complexity index is 457. The minimum absolute atomic E-state index is 0.0989. The highest BCUT2D eigenvalue weighted by atomic mass is 16.5. The van der Waals surface area contributed by atoms with Crippen LogP contribution in [-0.2, 0) is 20.8 Å². The van der Waals surface area contributed by atoms with Gasteiger partial charge in [-0.25, -0.2) is 0 Å². The van der Waals surface area contributed by atoms with Crippen LogP contribution in [0.2, 0.25) is 0 Å². The van der Waals surface area contributed by atoms with Crippen LogP contribution in [0.5, 0.6) is 0 Å². The van der Waals surface area contributed by atoms with Gasteiger partial charge in [-0.15, -0.1) is 0 Å². The predicted molar refractivity (Wildman–Crippen MR) is 80.0 cm³/mol. The summed E-state index contributed by atoms with van der Waals surface area (Å²) in [5, 5.41) is 2.85. The van der Waals surface area contributed by atoms with Gasteiger partial charge in [0, 0.05) is 19.4 Å². The first-order chi connectivity index (χ1) is 10.1. The maximum Gasteiger partial charge on any atom is 0.246 e. The summed E-state index contributed by atoms with van der Waals surface area (Å²) in [6, 6.07) is 4.04. The van der Waals surface area contributed by atoms with Crippen molar-refractivity contribution in [2.24, 2.45) is 0 Å². The zero-order valence-electron chi connectivity index (χ0n) is 12.8. The van der Waals surface area contributed by atoms with Gasteiger partial charge in [0.15, 0.2) is 0 Å². The molecule has 0 radical (unpaired) electrons. The topological polar surface area (TPSA) is 60.5 Å². The normalized spacial score (nSPS) is 16.1. The molecule has 1 amide bonds. The van der Waals surface area contributed by atoms with Crippen LogP contribution in [-0.4, -0.2) is 36.8 Å². The molecule has 1 aliphatic heterocycles. The highest BCUT2D eigenvalue weighted by molar-refractivity contribution is 5.77. The molecule has 21 heavy (non-hydrogen) atoms. The van der Waals surface area contributed by atoms with E-state index in [0.717, 1.165) is 31.7 Å². The van der Waals surface area contributed by atoms with Crippen molar-refractivity contribution in [2.45, 2.75) is 45.3 Å². The highest BCUT2D eigenvalue weighted by Crippen LogP contribution is 2.14. The van der Waals surface area contributed by atoms with E-state index in [4.69, 9.17) is 9.47 Å². The molecule has 1 fully saturated rings. The Morgan fingerprint density at radius 3 is 2.95 bits per heavy atom. The number of aromatic nitrogens is 1. The third kappa shape index (κ3) is 5.44. The van der Waals surface area contributed by atoms with Crippen molar-refractivity contribution in [1.82, 2.24) is 10.3 Å². The number of hydrogen-bond donors (Lipinski definition) is 1. The zero-order chi connectivity index (χ0) is 15.1. The Labute approximate surface area is 126 Å². The first-order valence-corrected chi connectivity index (χ1v) is 7.56. The monoisotopic (exact) mass is 292 g/mol. The van der Waals surface area contributed by atoms with Crippen molar-refractivity contribution >= 4 is 5.91 Å². The van der Waals surface area contributed by atoms with E-state index < -0.39 is 0 Å². The van der Waals surface area contributed by atoms with E-state index in [2.05, 4.69) is 24.1 Å². The van der Waals surface area contributed by atoms with Crippen molar-refractivity contribution in [3.05, 3.63) is 29.6 Å². The van der Waals surface area contributed by atoms with E-state index in [0.29, 0.717) is 12.5 Å². The van der Waals surface area contributed by atoms with Crippen molar-refractivity contribution < 1.29 is 14.3 Å². The largest absolute Gasteiger partial charge is 0.381 e. The van der Waals surface area contributed by atoms with E-state index in [9.17, 15) is 4.79 Å². The fourth-order valence-corrected chi connectivity index (χ4v) is 2.23. The number of carbonyl (C=O) groups is 1. The van der Waals surface area contributed by atoms with Crippen molar-refractivity contribution in [3.63, 3.8) is 0 Å². The quantitative estimate of drug-likeness (QED) is 0.871. The maximum atomic E-state index is 11.8. The number of amides is 1. The fraction of sp³-hybridized carbons (Fsp3) is 0.625. The smallest absolute Gasteiger partial charge is 0.246 e. The summed E-state index contributed by atoms with van der Waals surface area (Å²) in [4.78, 5) is 16.1. The molecule has 1 aromatic rings. The maximum absolute atomic E-state index is 11.8. The van der Waals surface area contributed by atoms with Crippen molar-refractivity contribution in [1.29, 1.82) is 0 Å². The van der Waals surface area contributed by atoms with Gasteiger partial charge in [-0.3, -0.25) is 9.78 Å². The van der Waals surface area contributed by atoms with E-state index in [1.807, 2.05) is 12.1 Å². The van der Waals surface area contributed by atoms with Crippen LogP contribution >= 0.6 is 0 Å². The second-order valence-electron chi connectivity index (χ2n) is 5.63. The molecule has 0 spiro atoms. The van der Waals surface area contributed by atoms with Gasteiger partial charge in [0.25, 0.3) is 0 Å². The lowest BCUT2D eigenvalue weighted by molar-refractivity contribution is -0.130. The average Bonchev–Trinajstić information content (AvgIpc) is 2.52. The van der Waals surface area contributed by atoms with E-state index >= 15 is 0 Å². The molecule has 2 rings (SSSR count). The molecule has 0 saturated carbocycles. The molecular formula is C16H24N2O3. The Morgan fingerprint density at radius 2 is 2.24 bits per heavy atom. The van der Waals surface area contributed by atoms with Crippen molar-refractivity contribution in [3.8, 4) is 0 Å². The lowest BCUT2D eigenvalue weighted by atomic mass is 10.0. The van der Waals surface area contributed by atoms with Crippen LogP contribution < -0.4 is 5.32 Å². The molecule has 1 N–H and O–H groups in total. The summed E-state index contributed by atoms with van der Waals surface area (Å²) in [6.07, 6.45) is 3.67. The minimum atomic E-state index is -0.0989. The number of carbonyl (C=O) groups excluding carboxylic acids is 1. The molecular weight excluding hydrogens is 268 g/mol. The summed E-state index contributed by atoms with van der Waals surface area (Å²) < 4.78 is 10.8. The van der Waals surface area contributed by atoms with Gasteiger partial charge in [-0.2, -0.15) is 0 Å². The summed E-state index contributed by atoms with van der Waals surface area (Å²) in [5.41, 5.74) is 2.10.